The molecular weight excluding hydrogens is 632 g/mol. The number of carbonyl (C=O) groups excluding carboxylic acids is 3. The van der Waals surface area contributed by atoms with Crippen molar-refractivity contribution in [2.24, 2.45) is 0 Å². The summed E-state index contributed by atoms with van der Waals surface area (Å²) in [6, 6.07) is 21.7. The Balaban J connectivity index is 1.53. The van der Waals surface area contributed by atoms with Gasteiger partial charge in [0.15, 0.2) is 5.78 Å². The van der Waals surface area contributed by atoms with Gasteiger partial charge in [0.2, 0.25) is 5.91 Å². The van der Waals surface area contributed by atoms with Crippen molar-refractivity contribution >= 4 is 72.6 Å². The predicted molar refractivity (Wildman–Crippen MR) is 157 cm³/mol. The molecule has 0 saturated heterocycles. The third-order valence-corrected chi connectivity index (χ3v) is 7.36. The van der Waals surface area contributed by atoms with Gasteiger partial charge in [-0.25, -0.2) is 9.97 Å². The van der Waals surface area contributed by atoms with E-state index in [9.17, 15) is 14.4 Å². The van der Waals surface area contributed by atoms with Crippen molar-refractivity contribution in [2.75, 3.05) is 16.4 Å². The number of nitrogens with one attached hydrogen (secondary N) is 2. The standard InChI is InChI=1S/C28H22Br2N4O3S/c1-17-2-4-18(5-3-17)24(35)16-38-28-23(27(37)33-22-12-8-20(30)9-13-22)15-31-25(34-28)14-26(36)32-21-10-6-19(29)7-11-21/h2-13,15H,14,16H2,1H3,(H,32,36)(H,33,37). The number of thioether (sulfide) groups is 1. The van der Waals surface area contributed by atoms with Crippen LogP contribution in [0, 0.1) is 6.92 Å². The third-order valence-electron chi connectivity index (χ3n) is 5.31. The highest BCUT2D eigenvalue weighted by Gasteiger charge is 2.19. The van der Waals surface area contributed by atoms with Gasteiger partial charge in [0, 0.05) is 32.1 Å². The molecule has 0 aliphatic carbocycles. The zero-order chi connectivity index (χ0) is 27.1. The quantitative estimate of drug-likeness (QED) is 0.118. The molecule has 2 N–H and O–H groups in total. The first-order valence-corrected chi connectivity index (χ1v) is 14.0. The van der Waals surface area contributed by atoms with Crippen LogP contribution in [0.2, 0.25) is 0 Å². The lowest BCUT2D eigenvalue weighted by molar-refractivity contribution is -0.115. The van der Waals surface area contributed by atoms with Gasteiger partial charge in [0.1, 0.15) is 10.9 Å². The first-order valence-electron chi connectivity index (χ1n) is 11.5. The zero-order valence-electron chi connectivity index (χ0n) is 20.2. The SMILES string of the molecule is Cc1ccc(C(=O)CSc2nc(CC(=O)Nc3ccc(Br)cc3)ncc2C(=O)Nc2ccc(Br)cc2)cc1. The summed E-state index contributed by atoms with van der Waals surface area (Å²) in [5.41, 5.74) is 3.09. The average molecular weight is 654 g/mol. The summed E-state index contributed by atoms with van der Waals surface area (Å²) in [7, 11) is 0. The second kappa shape index (κ2) is 12.9. The Morgan fingerprint density at radius 2 is 1.39 bits per heavy atom. The maximum absolute atomic E-state index is 13.1. The number of Topliss-reactive ketones (excluding diaryl/α,β-unsaturated/α-hetero) is 1. The van der Waals surface area contributed by atoms with Crippen LogP contribution in [0.3, 0.4) is 0 Å². The Hall–Kier alpha value is -3.34. The highest BCUT2D eigenvalue weighted by molar-refractivity contribution is 9.10. The Morgan fingerprint density at radius 3 is 2.00 bits per heavy atom. The van der Waals surface area contributed by atoms with Crippen LogP contribution in [0.5, 0.6) is 0 Å². The fourth-order valence-electron chi connectivity index (χ4n) is 3.32. The van der Waals surface area contributed by atoms with Crippen LogP contribution in [-0.2, 0) is 11.2 Å². The fraction of sp³-hybridized carbons (Fsp3) is 0.107. The van der Waals surface area contributed by atoms with E-state index in [1.807, 2.05) is 43.3 Å². The van der Waals surface area contributed by atoms with Crippen LogP contribution in [0.4, 0.5) is 11.4 Å². The van der Waals surface area contributed by atoms with E-state index in [0.717, 1.165) is 26.3 Å². The summed E-state index contributed by atoms with van der Waals surface area (Å²) in [5, 5.41) is 5.95. The molecule has 10 heteroatoms. The molecule has 0 spiro atoms. The van der Waals surface area contributed by atoms with Gasteiger partial charge in [-0.15, -0.1) is 0 Å². The summed E-state index contributed by atoms with van der Waals surface area (Å²) in [5.74, 6) is -0.495. The summed E-state index contributed by atoms with van der Waals surface area (Å²) in [6.45, 7) is 1.95. The summed E-state index contributed by atoms with van der Waals surface area (Å²) in [6.07, 6.45) is 1.30. The number of amides is 2. The number of halogens is 2. The van der Waals surface area contributed by atoms with Crippen LogP contribution in [-0.4, -0.2) is 33.3 Å². The molecule has 0 radical (unpaired) electrons. The molecule has 1 heterocycles. The number of carbonyl (C=O) groups is 3. The molecule has 192 valence electrons. The summed E-state index contributed by atoms with van der Waals surface area (Å²) in [4.78, 5) is 47.2. The fourth-order valence-corrected chi connectivity index (χ4v) is 4.76. The number of ketones is 1. The van der Waals surface area contributed by atoms with Gasteiger partial charge in [-0.05, 0) is 55.5 Å². The van der Waals surface area contributed by atoms with Gasteiger partial charge in [0.05, 0.1) is 17.7 Å². The van der Waals surface area contributed by atoms with Gasteiger partial charge in [-0.2, -0.15) is 0 Å². The highest BCUT2D eigenvalue weighted by Crippen LogP contribution is 2.24. The molecule has 0 unspecified atom stereocenters. The summed E-state index contributed by atoms with van der Waals surface area (Å²) >= 11 is 7.88. The molecule has 0 bridgehead atoms. The Kier molecular flexibility index (Phi) is 9.43. The first-order chi connectivity index (χ1) is 18.3. The second-order valence-corrected chi connectivity index (χ2v) is 11.1. The predicted octanol–water partition coefficient (Wildman–Crippen LogP) is 6.72. The third kappa shape index (κ3) is 7.83. The molecular formula is C28H22Br2N4O3S. The van der Waals surface area contributed by atoms with Crippen LogP contribution in [0.1, 0.15) is 32.1 Å². The van der Waals surface area contributed by atoms with Gasteiger partial charge < -0.3 is 10.6 Å². The van der Waals surface area contributed by atoms with Crippen molar-refractivity contribution in [3.63, 3.8) is 0 Å². The normalized spacial score (nSPS) is 10.6. The maximum Gasteiger partial charge on any atom is 0.259 e. The molecule has 0 fully saturated rings. The highest BCUT2D eigenvalue weighted by atomic mass is 79.9. The zero-order valence-corrected chi connectivity index (χ0v) is 24.2. The van der Waals surface area contributed by atoms with E-state index < -0.39 is 5.91 Å². The van der Waals surface area contributed by atoms with E-state index in [0.29, 0.717) is 22.0 Å². The Morgan fingerprint density at radius 1 is 0.816 bits per heavy atom. The lowest BCUT2D eigenvalue weighted by atomic mass is 10.1. The lowest BCUT2D eigenvalue weighted by Crippen LogP contribution is -2.19. The van der Waals surface area contributed by atoms with Crippen molar-refractivity contribution in [3.8, 4) is 0 Å². The lowest BCUT2D eigenvalue weighted by Gasteiger charge is -2.11. The van der Waals surface area contributed by atoms with Crippen molar-refractivity contribution < 1.29 is 14.4 Å². The maximum atomic E-state index is 13.1. The van der Waals surface area contributed by atoms with Gasteiger partial charge >= 0.3 is 0 Å². The Bertz CT molecular complexity index is 1460. The van der Waals surface area contributed by atoms with Gasteiger partial charge in [0.25, 0.3) is 5.91 Å². The molecule has 4 rings (SSSR count). The van der Waals surface area contributed by atoms with E-state index in [1.165, 1.54) is 6.20 Å². The molecule has 38 heavy (non-hydrogen) atoms. The van der Waals surface area contributed by atoms with E-state index in [2.05, 4.69) is 52.5 Å². The molecule has 0 aliphatic heterocycles. The number of rotatable bonds is 9. The van der Waals surface area contributed by atoms with Crippen LogP contribution >= 0.6 is 43.6 Å². The molecule has 0 saturated carbocycles. The minimum atomic E-state index is -0.413. The number of nitrogens with zero attached hydrogens (tertiary/aromatic N) is 2. The molecule has 3 aromatic carbocycles. The molecule has 2 amide bonds. The van der Waals surface area contributed by atoms with Crippen molar-refractivity contribution in [3.05, 3.63) is 110 Å². The molecule has 7 nitrogen and oxygen atoms in total. The average Bonchev–Trinajstić information content (AvgIpc) is 2.90. The first kappa shape index (κ1) is 27.7. The van der Waals surface area contributed by atoms with Crippen molar-refractivity contribution in [1.82, 2.24) is 9.97 Å². The number of benzene rings is 3. The molecule has 4 aromatic rings. The number of aromatic nitrogens is 2. The van der Waals surface area contributed by atoms with Crippen LogP contribution in [0.25, 0.3) is 0 Å². The molecule has 0 aliphatic rings. The summed E-state index contributed by atoms with van der Waals surface area (Å²) < 4.78 is 1.79. The molecule has 1 aromatic heterocycles. The second-order valence-electron chi connectivity index (χ2n) is 8.28. The number of hydrogen-bond donors (Lipinski definition) is 2. The monoisotopic (exact) mass is 652 g/mol. The van der Waals surface area contributed by atoms with Crippen LogP contribution < -0.4 is 10.6 Å². The van der Waals surface area contributed by atoms with Crippen molar-refractivity contribution in [1.29, 1.82) is 0 Å². The Labute approximate surface area is 241 Å². The van der Waals surface area contributed by atoms with Crippen molar-refractivity contribution in [2.45, 2.75) is 18.4 Å². The number of hydrogen-bond acceptors (Lipinski definition) is 6. The molecule has 0 atom stereocenters. The van der Waals surface area contributed by atoms with E-state index in [4.69, 9.17) is 0 Å². The number of anilines is 2. The minimum absolute atomic E-state index is 0.0726. The van der Waals surface area contributed by atoms with Gasteiger partial charge in [-0.3, -0.25) is 14.4 Å². The number of aryl methyl sites for hydroxylation is 1. The topological polar surface area (TPSA) is 101 Å². The smallest absolute Gasteiger partial charge is 0.259 e. The van der Waals surface area contributed by atoms with E-state index in [1.54, 1.807) is 36.4 Å². The van der Waals surface area contributed by atoms with E-state index >= 15 is 0 Å². The largest absolute Gasteiger partial charge is 0.326 e. The van der Waals surface area contributed by atoms with Gasteiger partial charge in [-0.1, -0.05) is 73.5 Å². The minimum Gasteiger partial charge on any atom is -0.326 e. The van der Waals surface area contributed by atoms with Crippen LogP contribution in [0.15, 0.2) is 93.0 Å². The van der Waals surface area contributed by atoms with E-state index in [-0.39, 0.29) is 35.3 Å².